The van der Waals surface area contributed by atoms with Crippen molar-refractivity contribution in [2.45, 2.75) is 43.5 Å². The summed E-state index contributed by atoms with van der Waals surface area (Å²) in [5.74, 6) is 0.163. The zero-order valence-electron chi connectivity index (χ0n) is 14.3. The van der Waals surface area contributed by atoms with Crippen LogP contribution in [0.15, 0.2) is 53.4 Å². The molecule has 1 saturated carbocycles. The molecular formula is C19H22N2O3S. The van der Waals surface area contributed by atoms with Gasteiger partial charge in [0.25, 0.3) is 15.9 Å². The summed E-state index contributed by atoms with van der Waals surface area (Å²) in [6.45, 7) is 4.11. The van der Waals surface area contributed by atoms with Gasteiger partial charge >= 0.3 is 0 Å². The molecule has 2 aromatic rings. The lowest BCUT2D eigenvalue weighted by Crippen LogP contribution is -2.25. The molecular weight excluding hydrogens is 336 g/mol. The quantitative estimate of drug-likeness (QED) is 0.830. The van der Waals surface area contributed by atoms with Crippen LogP contribution >= 0.6 is 0 Å². The maximum Gasteiger partial charge on any atom is 0.261 e. The van der Waals surface area contributed by atoms with E-state index in [9.17, 15) is 13.2 Å². The van der Waals surface area contributed by atoms with Gasteiger partial charge in [-0.25, -0.2) is 8.42 Å². The Morgan fingerprint density at radius 2 is 1.76 bits per heavy atom. The van der Waals surface area contributed by atoms with Crippen molar-refractivity contribution in [1.29, 1.82) is 0 Å². The molecule has 6 heteroatoms. The van der Waals surface area contributed by atoms with E-state index >= 15 is 0 Å². The minimum absolute atomic E-state index is 0.176. The molecule has 1 amide bonds. The van der Waals surface area contributed by atoms with Crippen molar-refractivity contribution in [2.75, 3.05) is 4.72 Å². The van der Waals surface area contributed by atoms with Gasteiger partial charge in [0.05, 0.1) is 4.90 Å². The van der Waals surface area contributed by atoms with Crippen LogP contribution in [0.1, 0.15) is 48.5 Å². The minimum Gasteiger partial charge on any atom is -0.349 e. The predicted molar refractivity (Wildman–Crippen MR) is 98.3 cm³/mol. The number of nitrogens with one attached hydrogen (secondary N) is 2. The number of benzene rings is 2. The molecule has 3 rings (SSSR count). The van der Waals surface area contributed by atoms with E-state index in [4.69, 9.17) is 0 Å². The average molecular weight is 358 g/mol. The molecule has 0 radical (unpaired) electrons. The van der Waals surface area contributed by atoms with Crippen molar-refractivity contribution < 1.29 is 13.2 Å². The number of anilines is 1. The Morgan fingerprint density at radius 1 is 1.08 bits per heavy atom. The van der Waals surface area contributed by atoms with Crippen LogP contribution in [0.3, 0.4) is 0 Å². The second-order valence-corrected chi connectivity index (χ2v) is 8.34. The van der Waals surface area contributed by atoms with Crippen LogP contribution in [0.25, 0.3) is 0 Å². The van der Waals surface area contributed by atoms with Crippen molar-refractivity contribution in [3.05, 3.63) is 59.7 Å². The topological polar surface area (TPSA) is 75.3 Å². The van der Waals surface area contributed by atoms with E-state index < -0.39 is 10.0 Å². The highest BCUT2D eigenvalue weighted by molar-refractivity contribution is 7.92. The third-order valence-electron chi connectivity index (χ3n) is 4.15. The molecule has 5 nitrogen and oxygen atoms in total. The van der Waals surface area contributed by atoms with E-state index in [0.717, 1.165) is 18.4 Å². The van der Waals surface area contributed by atoms with Crippen LogP contribution in [0.4, 0.5) is 5.69 Å². The zero-order valence-corrected chi connectivity index (χ0v) is 15.1. The molecule has 0 bridgehead atoms. The lowest BCUT2D eigenvalue weighted by atomic mass is 10.0. The Labute approximate surface area is 148 Å². The van der Waals surface area contributed by atoms with Gasteiger partial charge < -0.3 is 5.32 Å². The van der Waals surface area contributed by atoms with Gasteiger partial charge in [0.1, 0.15) is 0 Å². The first-order chi connectivity index (χ1) is 11.8. The molecule has 0 aliphatic heterocycles. The molecule has 0 spiro atoms. The number of amides is 1. The predicted octanol–water partition coefficient (Wildman–Crippen LogP) is 3.50. The van der Waals surface area contributed by atoms with Gasteiger partial charge in [-0.15, -0.1) is 0 Å². The van der Waals surface area contributed by atoms with E-state index in [1.54, 1.807) is 36.4 Å². The number of carbonyl (C=O) groups excluding carboxylic acids is 1. The molecule has 2 N–H and O–H groups in total. The van der Waals surface area contributed by atoms with Gasteiger partial charge in [-0.3, -0.25) is 9.52 Å². The highest BCUT2D eigenvalue weighted by Gasteiger charge is 2.24. The summed E-state index contributed by atoms with van der Waals surface area (Å²) < 4.78 is 27.6. The van der Waals surface area contributed by atoms with Crippen LogP contribution < -0.4 is 10.0 Å². The SMILES string of the molecule is CC(C)c1ccc(S(=O)(=O)Nc2cccc(C(=O)NC3CC3)c2)cc1. The van der Waals surface area contributed by atoms with Gasteiger partial charge in [-0.05, 0) is 54.7 Å². The van der Waals surface area contributed by atoms with Crippen molar-refractivity contribution in [3.63, 3.8) is 0 Å². The largest absolute Gasteiger partial charge is 0.349 e. The van der Waals surface area contributed by atoms with E-state index in [2.05, 4.69) is 23.9 Å². The normalized spacial score (nSPS) is 14.4. The van der Waals surface area contributed by atoms with Crippen LogP contribution in [-0.2, 0) is 10.0 Å². The van der Waals surface area contributed by atoms with Crippen LogP contribution in [0, 0.1) is 0 Å². The summed E-state index contributed by atoms with van der Waals surface area (Å²) in [4.78, 5) is 12.3. The van der Waals surface area contributed by atoms with Crippen LogP contribution in [-0.4, -0.2) is 20.4 Å². The lowest BCUT2D eigenvalue weighted by Gasteiger charge is -2.11. The lowest BCUT2D eigenvalue weighted by molar-refractivity contribution is 0.0951. The fraction of sp³-hybridized carbons (Fsp3) is 0.316. The Hall–Kier alpha value is -2.34. The zero-order chi connectivity index (χ0) is 18.0. The number of sulfonamides is 1. The van der Waals surface area contributed by atoms with Crippen molar-refractivity contribution in [2.24, 2.45) is 0 Å². The maximum absolute atomic E-state index is 12.5. The van der Waals surface area contributed by atoms with Crippen molar-refractivity contribution in [1.82, 2.24) is 5.32 Å². The van der Waals surface area contributed by atoms with E-state index in [1.165, 1.54) is 0 Å². The van der Waals surface area contributed by atoms with E-state index in [-0.39, 0.29) is 16.8 Å². The fourth-order valence-electron chi connectivity index (χ4n) is 2.47. The van der Waals surface area contributed by atoms with Crippen LogP contribution in [0.2, 0.25) is 0 Å². The molecule has 1 aliphatic rings. The monoisotopic (exact) mass is 358 g/mol. The first-order valence-corrected chi connectivity index (χ1v) is 9.87. The highest BCUT2D eigenvalue weighted by Crippen LogP contribution is 2.22. The Kier molecular flexibility index (Phi) is 4.81. The molecule has 1 aliphatic carbocycles. The summed E-state index contributed by atoms with van der Waals surface area (Å²) in [5, 5.41) is 2.89. The molecule has 132 valence electrons. The molecule has 0 saturated heterocycles. The Balaban J connectivity index is 1.77. The first kappa shape index (κ1) is 17.5. The average Bonchev–Trinajstić information content (AvgIpc) is 3.38. The van der Waals surface area contributed by atoms with Crippen molar-refractivity contribution in [3.8, 4) is 0 Å². The summed E-state index contributed by atoms with van der Waals surface area (Å²) in [7, 11) is -3.69. The Bertz CT molecular complexity index is 870. The summed E-state index contributed by atoms with van der Waals surface area (Å²) in [6.07, 6.45) is 2.01. The standard InChI is InChI=1S/C19H22N2O3S/c1-13(2)14-6-10-18(11-7-14)25(23,24)21-17-5-3-4-15(12-17)19(22)20-16-8-9-16/h3-7,10-13,16,21H,8-9H2,1-2H3,(H,20,22). The van der Waals surface area contributed by atoms with Gasteiger partial charge in [0.15, 0.2) is 0 Å². The molecule has 1 fully saturated rings. The number of rotatable bonds is 6. The molecule has 25 heavy (non-hydrogen) atoms. The summed E-state index contributed by atoms with van der Waals surface area (Å²) in [6, 6.07) is 13.6. The minimum atomic E-state index is -3.69. The fourth-order valence-corrected chi connectivity index (χ4v) is 3.52. The molecule has 0 atom stereocenters. The van der Waals surface area contributed by atoms with Crippen molar-refractivity contribution >= 4 is 21.6 Å². The molecule has 0 heterocycles. The summed E-state index contributed by atoms with van der Waals surface area (Å²) in [5.41, 5.74) is 1.90. The molecule has 0 unspecified atom stereocenters. The number of hydrogen-bond donors (Lipinski definition) is 2. The van der Waals surface area contributed by atoms with Crippen LogP contribution in [0.5, 0.6) is 0 Å². The third kappa shape index (κ3) is 4.39. The summed E-state index contributed by atoms with van der Waals surface area (Å²) >= 11 is 0. The second kappa shape index (κ2) is 6.88. The molecule has 0 aromatic heterocycles. The maximum atomic E-state index is 12.5. The third-order valence-corrected chi connectivity index (χ3v) is 5.54. The number of carbonyl (C=O) groups is 1. The van der Waals surface area contributed by atoms with Gasteiger partial charge in [0, 0.05) is 17.3 Å². The van der Waals surface area contributed by atoms with Gasteiger partial charge in [-0.1, -0.05) is 32.0 Å². The first-order valence-electron chi connectivity index (χ1n) is 8.39. The second-order valence-electron chi connectivity index (χ2n) is 6.66. The van der Waals surface area contributed by atoms with E-state index in [1.807, 2.05) is 12.1 Å². The van der Waals surface area contributed by atoms with E-state index in [0.29, 0.717) is 17.2 Å². The highest BCUT2D eigenvalue weighted by atomic mass is 32.2. The Morgan fingerprint density at radius 3 is 2.36 bits per heavy atom. The molecule has 2 aromatic carbocycles. The number of hydrogen-bond acceptors (Lipinski definition) is 3. The van der Waals surface area contributed by atoms with Gasteiger partial charge in [0.2, 0.25) is 0 Å². The smallest absolute Gasteiger partial charge is 0.261 e. The van der Waals surface area contributed by atoms with Gasteiger partial charge in [-0.2, -0.15) is 0 Å².